The molecule has 0 heterocycles. The minimum atomic E-state index is -4.96. The number of phosphoric ester groups is 2. The van der Waals surface area contributed by atoms with Crippen LogP contribution >= 0.6 is 15.6 Å². The summed E-state index contributed by atoms with van der Waals surface area (Å²) < 4.78 is 68.5. The zero-order valence-electron chi connectivity index (χ0n) is 63.4. The number of esters is 4. The van der Waals surface area contributed by atoms with Gasteiger partial charge in [-0.3, -0.25) is 37.3 Å². The lowest BCUT2D eigenvalue weighted by Crippen LogP contribution is -2.30. The summed E-state index contributed by atoms with van der Waals surface area (Å²) in [5, 5.41) is 10.6. The van der Waals surface area contributed by atoms with Crippen LogP contribution in [0.4, 0.5) is 0 Å². The Morgan fingerprint density at radius 1 is 0.299 bits per heavy atom. The van der Waals surface area contributed by atoms with Crippen molar-refractivity contribution >= 4 is 39.5 Å². The number of carbonyl (C=O) groups excluding carboxylic acids is 4. The molecule has 19 heteroatoms. The molecule has 97 heavy (non-hydrogen) atoms. The number of phosphoric acid groups is 2. The quantitative estimate of drug-likeness (QED) is 0.0222. The molecule has 0 bridgehead atoms. The van der Waals surface area contributed by atoms with Gasteiger partial charge in [0.2, 0.25) is 0 Å². The van der Waals surface area contributed by atoms with E-state index in [9.17, 15) is 43.2 Å². The summed E-state index contributed by atoms with van der Waals surface area (Å²) in [6, 6.07) is 0. The van der Waals surface area contributed by atoms with Crippen LogP contribution < -0.4 is 0 Å². The van der Waals surface area contributed by atoms with Crippen LogP contribution in [0, 0.1) is 11.8 Å². The molecule has 0 aromatic carbocycles. The zero-order chi connectivity index (χ0) is 71.4. The monoisotopic (exact) mass is 1420 g/mol. The van der Waals surface area contributed by atoms with Crippen LogP contribution in [0.5, 0.6) is 0 Å². The van der Waals surface area contributed by atoms with Gasteiger partial charge in [0.15, 0.2) is 12.2 Å². The molecule has 0 saturated carbocycles. The standard InChI is InChI=1S/C78H152O17P2/c1-7-10-12-14-16-18-19-20-21-22-23-24-25-26-31-34-37-44-50-56-62-77(82)94-74(67-89-76(81)61-55-49-43-36-33-30-28-27-29-32-35-40-46-52-58-70(4)5)69-93-97(86,87)91-65-72(79)64-90-96(84,85)92-68-73(66-88-75(80)60-54-48-42-17-15-13-11-8-2)95-78(83)63-57-51-45-39-38-41-47-53-59-71(6)9-3/h70-74,79H,7-69H2,1-6H3,(H,84,85)(H,86,87)/t71?,72-,73+,74+/m0/s1. The summed E-state index contributed by atoms with van der Waals surface area (Å²) in [5.41, 5.74) is 0. The van der Waals surface area contributed by atoms with Crippen LogP contribution in [0.2, 0.25) is 0 Å². The van der Waals surface area contributed by atoms with Gasteiger partial charge in [-0.05, 0) is 37.5 Å². The van der Waals surface area contributed by atoms with E-state index in [0.717, 1.165) is 108 Å². The molecule has 0 aromatic rings. The molecular weight excluding hydrogens is 1270 g/mol. The molecule has 0 aliphatic heterocycles. The zero-order valence-corrected chi connectivity index (χ0v) is 65.2. The minimum absolute atomic E-state index is 0.105. The van der Waals surface area contributed by atoms with Crippen molar-refractivity contribution < 1.29 is 80.2 Å². The fourth-order valence-corrected chi connectivity index (χ4v) is 13.6. The maximum atomic E-state index is 13.1. The second kappa shape index (κ2) is 69.8. The fourth-order valence-electron chi connectivity index (χ4n) is 12.0. The molecule has 0 radical (unpaired) electrons. The average Bonchev–Trinajstić information content (AvgIpc) is 2.68. The second-order valence-electron chi connectivity index (χ2n) is 28.8. The molecule has 0 saturated heterocycles. The van der Waals surface area contributed by atoms with E-state index < -0.39 is 97.5 Å². The maximum Gasteiger partial charge on any atom is 0.472 e. The van der Waals surface area contributed by atoms with Gasteiger partial charge in [-0.1, -0.05) is 356 Å². The summed E-state index contributed by atoms with van der Waals surface area (Å²) >= 11 is 0. The van der Waals surface area contributed by atoms with Crippen molar-refractivity contribution in [2.75, 3.05) is 39.6 Å². The predicted molar refractivity (Wildman–Crippen MR) is 395 cm³/mol. The third-order valence-corrected chi connectivity index (χ3v) is 20.5. The fraction of sp³-hybridized carbons (Fsp3) is 0.949. The van der Waals surface area contributed by atoms with E-state index in [2.05, 4.69) is 41.5 Å². The maximum absolute atomic E-state index is 13.1. The highest BCUT2D eigenvalue weighted by atomic mass is 31.2. The van der Waals surface area contributed by atoms with E-state index in [1.165, 1.54) is 218 Å². The smallest absolute Gasteiger partial charge is 0.462 e. The van der Waals surface area contributed by atoms with Crippen LogP contribution in [0.1, 0.15) is 408 Å². The molecule has 0 rings (SSSR count). The van der Waals surface area contributed by atoms with E-state index in [-0.39, 0.29) is 25.7 Å². The predicted octanol–water partition coefficient (Wildman–Crippen LogP) is 23.1. The Hall–Kier alpha value is -1.94. The third-order valence-electron chi connectivity index (χ3n) is 18.6. The molecule has 0 aliphatic carbocycles. The Morgan fingerprint density at radius 2 is 0.526 bits per heavy atom. The Kier molecular flexibility index (Phi) is 68.4. The topological polar surface area (TPSA) is 237 Å². The lowest BCUT2D eigenvalue weighted by molar-refractivity contribution is -0.161. The number of aliphatic hydroxyl groups is 1. The van der Waals surface area contributed by atoms with Crippen molar-refractivity contribution in [3.8, 4) is 0 Å². The molecule has 0 fully saturated rings. The van der Waals surface area contributed by atoms with Crippen molar-refractivity contribution in [2.45, 2.75) is 426 Å². The third kappa shape index (κ3) is 70.9. The molecule has 6 atom stereocenters. The largest absolute Gasteiger partial charge is 0.472 e. The SMILES string of the molecule is CCCCCCCCCCCCCCCCCCCCCCC(=O)O[C@H](COC(=O)CCCCCCCCCCCCCCCCC(C)C)COP(=O)(O)OC[C@@H](O)COP(=O)(O)OC[C@@H](COC(=O)CCCCCCCCCC)OC(=O)CCCCCCCCCCC(C)CC. The molecule has 17 nitrogen and oxygen atoms in total. The Bertz CT molecular complexity index is 1870. The first-order valence-electron chi connectivity index (χ1n) is 40.5. The van der Waals surface area contributed by atoms with Crippen LogP contribution in [-0.2, 0) is 65.4 Å². The molecule has 0 aliphatic rings. The van der Waals surface area contributed by atoms with Gasteiger partial charge in [0.1, 0.15) is 19.3 Å². The van der Waals surface area contributed by atoms with Crippen LogP contribution in [-0.4, -0.2) is 96.7 Å². The van der Waals surface area contributed by atoms with E-state index in [4.69, 9.17) is 37.0 Å². The van der Waals surface area contributed by atoms with Gasteiger partial charge in [0.05, 0.1) is 26.4 Å². The van der Waals surface area contributed by atoms with Gasteiger partial charge in [0, 0.05) is 25.7 Å². The average molecular weight is 1420 g/mol. The number of rotatable bonds is 77. The molecule has 0 aromatic heterocycles. The molecule has 3 N–H and O–H groups in total. The lowest BCUT2D eigenvalue weighted by atomic mass is 9.99. The minimum Gasteiger partial charge on any atom is -0.462 e. The number of unbranched alkanes of at least 4 members (excludes halogenated alkanes) is 46. The summed E-state index contributed by atoms with van der Waals surface area (Å²) in [6.45, 7) is 9.60. The lowest BCUT2D eigenvalue weighted by Gasteiger charge is -2.21. The summed E-state index contributed by atoms with van der Waals surface area (Å²) in [6.07, 6.45) is 58.4. The molecule has 0 amide bonds. The van der Waals surface area contributed by atoms with Gasteiger partial charge in [-0.2, -0.15) is 0 Å². The summed E-state index contributed by atoms with van der Waals surface area (Å²) in [7, 11) is -9.91. The van der Waals surface area contributed by atoms with E-state index in [0.29, 0.717) is 25.7 Å². The van der Waals surface area contributed by atoms with Gasteiger partial charge in [0.25, 0.3) is 0 Å². The van der Waals surface area contributed by atoms with Crippen molar-refractivity contribution in [1.29, 1.82) is 0 Å². The van der Waals surface area contributed by atoms with Gasteiger partial charge < -0.3 is 33.8 Å². The summed E-state index contributed by atoms with van der Waals surface area (Å²) in [5.74, 6) is -0.548. The first kappa shape index (κ1) is 95.1. The number of hydrogen-bond donors (Lipinski definition) is 3. The van der Waals surface area contributed by atoms with Crippen molar-refractivity contribution in [2.24, 2.45) is 11.8 Å². The highest BCUT2D eigenvalue weighted by Gasteiger charge is 2.30. The van der Waals surface area contributed by atoms with Gasteiger partial charge >= 0.3 is 39.5 Å². The van der Waals surface area contributed by atoms with Crippen molar-refractivity contribution in [3.63, 3.8) is 0 Å². The number of ether oxygens (including phenoxy) is 4. The Labute approximate surface area is 594 Å². The van der Waals surface area contributed by atoms with Crippen molar-refractivity contribution in [1.82, 2.24) is 0 Å². The molecule has 3 unspecified atom stereocenters. The number of aliphatic hydroxyl groups excluding tert-OH is 1. The van der Waals surface area contributed by atoms with Crippen LogP contribution in [0.25, 0.3) is 0 Å². The second-order valence-corrected chi connectivity index (χ2v) is 31.7. The van der Waals surface area contributed by atoms with Crippen LogP contribution in [0.3, 0.4) is 0 Å². The summed E-state index contributed by atoms with van der Waals surface area (Å²) in [4.78, 5) is 72.8. The molecule has 576 valence electrons. The first-order chi connectivity index (χ1) is 46.9. The highest BCUT2D eigenvalue weighted by Crippen LogP contribution is 2.45. The van der Waals surface area contributed by atoms with E-state index in [1.54, 1.807) is 0 Å². The number of hydrogen-bond acceptors (Lipinski definition) is 15. The van der Waals surface area contributed by atoms with Gasteiger partial charge in [-0.15, -0.1) is 0 Å². The Balaban J connectivity index is 5.20. The van der Waals surface area contributed by atoms with E-state index >= 15 is 0 Å². The van der Waals surface area contributed by atoms with Crippen molar-refractivity contribution in [3.05, 3.63) is 0 Å². The molecule has 0 spiro atoms. The first-order valence-corrected chi connectivity index (χ1v) is 43.5. The Morgan fingerprint density at radius 3 is 0.784 bits per heavy atom. The molecular formula is C78H152O17P2. The highest BCUT2D eigenvalue weighted by molar-refractivity contribution is 7.47. The normalized spacial score (nSPS) is 14.2. The van der Waals surface area contributed by atoms with Crippen LogP contribution in [0.15, 0.2) is 0 Å². The van der Waals surface area contributed by atoms with Gasteiger partial charge in [-0.25, -0.2) is 9.13 Å². The van der Waals surface area contributed by atoms with E-state index in [1.807, 2.05) is 0 Å². The number of carbonyl (C=O) groups is 4.